The summed E-state index contributed by atoms with van der Waals surface area (Å²) in [5.41, 5.74) is 2.99. The van der Waals surface area contributed by atoms with Gasteiger partial charge in [0.1, 0.15) is 5.60 Å². The molecule has 9 nitrogen and oxygen atoms in total. The van der Waals surface area contributed by atoms with Crippen LogP contribution in [0.25, 0.3) is 0 Å². The van der Waals surface area contributed by atoms with Crippen molar-refractivity contribution in [3.05, 3.63) is 50.9 Å². The van der Waals surface area contributed by atoms with E-state index in [1.165, 1.54) is 0 Å². The maximum Gasteiger partial charge on any atom is 0.339 e. The predicted octanol–water partition coefficient (Wildman–Crippen LogP) is 1.81. The molecule has 1 fully saturated rings. The van der Waals surface area contributed by atoms with E-state index < -0.39 is 5.60 Å². The van der Waals surface area contributed by atoms with Crippen LogP contribution in [-0.4, -0.2) is 60.5 Å². The van der Waals surface area contributed by atoms with Gasteiger partial charge in [0.2, 0.25) is 11.9 Å². The number of aromatic nitrogens is 2. The molecule has 2 aromatic rings. The molecule has 1 aromatic carbocycles. The molecule has 2 N–H and O–H groups in total. The summed E-state index contributed by atoms with van der Waals surface area (Å²) < 4.78 is 5.90. The summed E-state index contributed by atoms with van der Waals surface area (Å²) in [6.45, 7) is 1.51. The van der Waals surface area contributed by atoms with Crippen molar-refractivity contribution in [2.75, 3.05) is 43.9 Å². The number of amides is 1. The van der Waals surface area contributed by atoms with E-state index in [9.17, 15) is 14.4 Å². The highest BCUT2D eigenvalue weighted by atomic mass is 16.6. The molecule has 0 bridgehead atoms. The second kappa shape index (κ2) is 8.30. The molecule has 1 aromatic heterocycles. The molecule has 0 saturated carbocycles. The van der Waals surface area contributed by atoms with Crippen LogP contribution in [0.1, 0.15) is 52.9 Å². The fraction of sp³-hybridized carbons (Fsp3) is 0.500. The molecule has 5 rings (SSSR count). The van der Waals surface area contributed by atoms with Gasteiger partial charge in [0.25, 0.3) is 5.56 Å². The van der Waals surface area contributed by atoms with Gasteiger partial charge < -0.3 is 19.9 Å². The van der Waals surface area contributed by atoms with E-state index in [4.69, 9.17) is 9.72 Å². The molecule has 0 atom stereocenters. The van der Waals surface area contributed by atoms with Crippen molar-refractivity contribution in [2.45, 2.75) is 44.1 Å². The lowest BCUT2D eigenvalue weighted by molar-refractivity contribution is -0.116. The Kier molecular flexibility index (Phi) is 5.44. The SMILES string of the molecule is CN(C)CC(=O)Nc1ccc2c(c1)C(=O)OC21CCN(c2nc3c(c(=O)[nH]2)CCCC3)CC1. The Bertz CT molecular complexity index is 1160. The summed E-state index contributed by atoms with van der Waals surface area (Å²) in [4.78, 5) is 48.9. The average Bonchev–Trinajstić information content (AvgIpc) is 3.04. The minimum absolute atomic E-state index is 0.0310. The van der Waals surface area contributed by atoms with Gasteiger partial charge in [-0.3, -0.25) is 14.6 Å². The average molecular weight is 452 g/mol. The van der Waals surface area contributed by atoms with E-state index in [1.54, 1.807) is 11.0 Å². The number of aryl methyl sites for hydroxylation is 1. The Morgan fingerprint density at radius 1 is 1.21 bits per heavy atom. The van der Waals surface area contributed by atoms with Crippen LogP contribution in [0.15, 0.2) is 23.0 Å². The molecular formula is C24H29N5O4. The van der Waals surface area contributed by atoms with E-state index >= 15 is 0 Å². The van der Waals surface area contributed by atoms with Crippen molar-refractivity contribution in [3.63, 3.8) is 0 Å². The summed E-state index contributed by atoms with van der Waals surface area (Å²) >= 11 is 0. The Morgan fingerprint density at radius 3 is 2.73 bits per heavy atom. The first-order valence-electron chi connectivity index (χ1n) is 11.5. The fourth-order valence-electron chi connectivity index (χ4n) is 5.15. The van der Waals surface area contributed by atoms with Gasteiger partial charge in [-0.2, -0.15) is 0 Å². The minimum atomic E-state index is -0.677. The van der Waals surface area contributed by atoms with Crippen LogP contribution in [0.4, 0.5) is 11.6 Å². The van der Waals surface area contributed by atoms with Crippen molar-refractivity contribution in [3.8, 4) is 0 Å². The van der Waals surface area contributed by atoms with Gasteiger partial charge >= 0.3 is 5.97 Å². The molecule has 33 heavy (non-hydrogen) atoms. The number of carbonyl (C=O) groups excluding carboxylic acids is 2. The topological polar surface area (TPSA) is 108 Å². The van der Waals surface area contributed by atoms with Crippen LogP contribution < -0.4 is 15.8 Å². The van der Waals surface area contributed by atoms with Crippen molar-refractivity contribution in [1.29, 1.82) is 0 Å². The number of rotatable bonds is 4. The molecule has 0 unspecified atom stereocenters. The van der Waals surface area contributed by atoms with Crippen molar-refractivity contribution >= 4 is 23.5 Å². The van der Waals surface area contributed by atoms with Crippen LogP contribution in [0.5, 0.6) is 0 Å². The third-order valence-corrected chi connectivity index (χ3v) is 6.81. The number of hydrogen-bond acceptors (Lipinski definition) is 7. The lowest BCUT2D eigenvalue weighted by atomic mass is 9.83. The van der Waals surface area contributed by atoms with E-state index in [0.29, 0.717) is 43.1 Å². The number of H-pyrrole nitrogens is 1. The highest BCUT2D eigenvalue weighted by Crippen LogP contribution is 2.45. The van der Waals surface area contributed by atoms with E-state index in [1.807, 2.05) is 26.2 Å². The maximum absolute atomic E-state index is 12.7. The highest BCUT2D eigenvalue weighted by Gasteiger charge is 2.47. The zero-order valence-electron chi connectivity index (χ0n) is 19.1. The summed E-state index contributed by atoms with van der Waals surface area (Å²) in [7, 11) is 3.65. The van der Waals surface area contributed by atoms with E-state index in [2.05, 4.69) is 15.2 Å². The third kappa shape index (κ3) is 4.01. The molecule has 3 heterocycles. The number of aromatic amines is 1. The van der Waals surface area contributed by atoms with E-state index in [0.717, 1.165) is 42.5 Å². The zero-order chi connectivity index (χ0) is 23.2. The second-order valence-electron chi connectivity index (χ2n) is 9.44. The van der Waals surface area contributed by atoms with Crippen LogP contribution >= 0.6 is 0 Å². The summed E-state index contributed by atoms with van der Waals surface area (Å²) in [5.74, 6) is 0.113. The Morgan fingerprint density at radius 2 is 1.97 bits per heavy atom. The van der Waals surface area contributed by atoms with Gasteiger partial charge in [-0.25, -0.2) is 9.78 Å². The monoisotopic (exact) mass is 451 g/mol. The first-order valence-corrected chi connectivity index (χ1v) is 11.5. The van der Waals surface area contributed by atoms with Crippen molar-refractivity contribution < 1.29 is 14.3 Å². The number of esters is 1. The molecule has 3 aliphatic rings. The molecule has 0 radical (unpaired) electrons. The van der Waals surface area contributed by atoms with Crippen LogP contribution in [-0.2, 0) is 28.0 Å². The number of likely N-dealkylation sites (N-methyl/N-ethyl adjacent to an activating group) is 1. The first-order chi connectivity index (χ1) is 15.8. The summed E-state index contributed by atoms with van der Waals surface area (Å²) in [5, 5.41) is 2.83. The Labute approximate surface area is 192 Å². The van der Waals surface area contributed by atoms with Crippen LogP contribution in [0.3, 0.4) is 0 Å². The fourth-order valence-corrected chi connectivity index (χ4v) is 5.15. The predicted molar refractivity (Wildman–Crippen MR) is 124 cm³/mol. The lowest BCUT2D eigenvalue weighted by Crippen LogP contribution is -2.44. The zero-order valence-corrected chi connectivity index (χ0v) is 19.1. The Hall–Kier alpha value is -3.20. The number of hydrogen-bond donors (Lipinski definition) is 2. The normalized spacial score (nSPS) is 18.8. The smallest absolute Gasteiger partial charge is 0.339 e. The van der Waals surface area contributed by atoms with Crippen molar-refractivity contribution in [2.24, 2.45) is 0 Å². The second-order valence-corrected chi connectivity index (χ2v) is 9.44. The molecule has 1 saturated heterocycles. The largest absolute Gasteiger partial charge is 0.450 e. The van der Waals surface area contributed by atoms with Crippen LogP contribution in [0.2, 0.25) is 0 Å². The van der Waals surface area contributed by atoms with Gasteiger partial charge in [-0.05, 0) is 51.9 Å². The standard InChI is InChI=1S/C24H29N5O4/c1-28(2)14-20(30)25-15-7-8-18-17(13-15)22(32)33-24(18)9-11-29(12-10-24)23-26-19-6-4-3-5-16(19)21(31)27-23/h7-8,13H,3-6,9-12,14H2,1-2H3,(H,25,30)(H,26,27,31). The number of fused-ring (bicyclic) bond motifs is 3. The highest BCUT2D eigenvalue weighted by molar-refractivity contribution is 5.98. The number of nitrogens with zero attached hydrogens (tertiary/aromatic N) is 3. The molecule has 2 aliphatic heterocycles. The summed E-state index contributed by atoms with van der Waals surface area (Å²) in [6, 6.07) is 5.42. The quantitative estimate of drug-likeness (QED) is 0.683. The summed E-state index contributed by atoms with van der Waals surface area (Å²) in [6.07, 6.45) is 4.97. The molecular weight excluding hydrogens is 422 g/mol. The van der Waals surface area contributed by atoms with E-state index in [-0.39, 0.29) is 24.0 Å². The first kappa shape index (κ1) is 21.6. The lowest BCUT2D eigenvalue weighted by Gasteiger charge is -2.39. The number of benzene rings is 1. The molecule has 1 spiro atoms. The number of anilines is 2. The molecule has 1 amide bonds. The Balaban J connectivity index is 1.33. The van der Waals surface area contributed by atoms with Crippen molar-refractivity contribution in [1.82, 2.24) is 14.9 Å². The minimum Gasteiger partial charge on any atom is -0.450 e. The molecule has 1 aliphatic carbocycles. The maximum atomic E-state index is 12.7. The molecule has 9 heteroatoms. The van der Waals surface area contributed by atoms with Gasteiger partial charge in [-0.15, -0.1) is 0 Å². The van der Waals surface area contributed by atoms with Gasteiger partial charge in [-0.1, -0.05) is 6.07 Å². The van der Waals surface area contributed by atoms with Gasteiger partial charge in [0.05, 0.1) is 17.8 Å². The number of ether oxygens (including phenoxy) is 1. The van der Waals surface area contributed by atoms with Gasteiger partial charge in [0.15, 0.2) is 0 Å². The number of piperidine rings is 1. The number of nitrogens with one attached hydrogen (secondary N) is 2. The van der Waals surface area contributed by atoms with Crippen LogP contribution in [0, 0.1) is 0 Å². The molecule has 174 valence electrons. The van der Waals surface area contributed by atoms with Gasteiger partial charge in [0, 0.05) is 42.7 Å². The number of carbonyl (C=O) groups is 2. The third-order valence-electron chi connectivity index (χ3n) is 6.81.